The molecule has 0 aliphatic heterocycles. The molecule has 1 aromatic heterocycles. The van der Waals surface area contributed by atoms with Crippen LogP contribution >= 0.6 is 12.4 Å². The van der Waals surface area contributed by atoms with Gasteiger partial charge in [-0.25, -0.2) is 14.8 Å². The molecule has 0 saturated carbocycles. The normalized spacial score (nSPS) is 10.0. The maximum absolute atomic E-state index is 12.4. The Bertz CT molecular complexity index is 1240. The van der Waals surface area contributed by atoms with Gasteiger partial charge in [0.2, 0.25) is 0 Å². The largest absolute Gasteiger partial charge is 0.494 e. The van der Waals surface area contributed by atoms with Crippen molar-refractivity contribution in [3.05, 3.63) is 84.7 Å². The molecule has 0 unspecified atom stereocenters. The van der Waals surface area contributed by atoms with E-state index in [2.05, 4.69) is 25.9 Å². The van der Waals surface area contributed by atoms with Crippen LogP contribution in [0, 0.1) is 0 Å². The number of hydrogen-bond acceptors (Lipinski definition) is 6. The Labute approximate surface area is 190 Å². The van der Waals surface area contributed by atoms with Gasteiger partial charge in [0.1, 0.15) is 17.9 Å². The van der Waals surface area contributed by atoms with E-state index < -0.39 is 11.9 Å². The highest BCUT2D eigenvalue weighted by atomic mass is 35.5. The van der Waals surface area contributed by atoms with E-state index >= 15 is 0 Å². The van der Waals surface area contributed by atoms with Crippen LogP contribution < -0.4 is 20.7 Å². The first-order valence-corrected chi connectivity index (χ1v) is 9.46. The lowest BCUT2D eigenvalue weighted by atomic mass is 10.2. The number of nitrogens with one attached hydrogen (secondary N) is 3. The van der Waals surface area contributed by atoms with Crippen molar-refractivity contribution in [1.82, 2.24) is 15.3 Å². The number of benzene rings is 3. The van der Waals surface area contributed by atoms with E-state index in [1.54, 1.807) is 42.5 Å². The maximum atomic E-state index is 12.4. The molecule has 0 bridgehead atoms. The Morgan fingerprint density at radius 1 is 0.906 bits per heavy atom. The molecule has 0 atom stereocenters. The summed E-state index contributed by atoms with van der Waals surface area (Å²) in [6.45, 7) is 0. The molecule has 8 nitrogen and oxygen atoms in total. The van der Waals surface area contributed by atoms with E-state index in [0.29, 0.717) is 33.7 Å². The number of para-hydroxylation sites is 1. The van der Waals surface area contributed by atoms with Crippen molar-refractivity contribution in [3.8, 4) is 5.75 Å². The average Bonchev–Trinajstić information content (AvgIpc) is 2.80. The van der Waals surface area contributed by atoms with Gasteiger partial charge in [0.05, 0.1) is 18.3 Å². The summed E-state index contributed by atoms with van der Waals surface area (Å²) in [6.07, 6.45) is 1.45. The molecule has 4 rings (SSSR count). The molecule has 1 heterocycles. The van der Waals surface area contributed by atoms with Crippen LogP contribution in [0.15, 0.2) is 79.1 Å². The number of nitrogens with zero attached hydrogens (tertiary/aromatic N) is 2. The standard InChI is InChI=1S/C23H19N5O3.ClH/c1-31-20-13-18-17(21(25-14-24-18)26-16-10-6-3-7-11-16)12-19(20)27-23(30)28-22(29)15-8-4-2-5-9-15;/h2-14H,1H3,(H,24,25,26)(H2,27,28,29,30);1H. The highest BCUT2D eigenvalue weighted by molar-refractivity contribution is 6.09. The first kappa shape index (κ1) is 22.5. The average molecular weight is 450 g/mol. The first-order valence-electron chi connectivity index (χ1n) is 9.46. The van der Waals surface area contributed by atoms with Crippen molar-refractivity contribution >= 4 is 52.4 Å². The van der Waals surface area contributed by atoms with Crippen molar-refractivity contribution in [2.24, 2.45) is 0 Å². The Hall–Kier alpha value is -4.17. The molecule has 0 radical (unpaired) electrons. The van der Waals surface area contributed by atoms with E-state index in [9.17, 15) is 9.59 Å². The fraction of sp³-hybridized carbons (Fsp3) is 0.0435. The predicted octanol–water partition coefficient (Wildman–Crippen LogP) is 4.77. The van der Waals surface area contributed by atoms with Crippen molar-refractivity contribution < 1.29 is 14.3 Å². The van der Waals surface area contributed by atoms with Gasteiger partial charge in [0.25, 0.3) is 5.91 Å². The lowest BCUT2D eigenvalue weighted by molar-refractivity contribution is 0.0967. The van der Waals surface area contributed by atoms with Gasteiger partial charge in [0.15, 0.2) is 0 Å². The molecule has 3 amide bonds. The number of anilines is 3. The number of aromatic nitrogens is 2. The number of ether oxygens (including phenoxy) is 1. The first-order chi connectivity index (χ1) is 15.1. The van der Waals surface area contributed by atoms with E-state index in [1.165, 1.54) is 13.4 Å². The fourth-order valence-corrected chi connectivity index (χ4v) is 3.03. The van der Waals surface area contributed by atoms with E-state index in [0.717, 1.165) is 5.69 Å². The summed E-state index contributed by atoms with van der Waals surface area (Å²) < 4.78 is 5.39. The monoisotopic (exact) mass is 449 g/mol. The molecule has 0 aliphatic carbocycles. The molecule has 0 saturated heterocycles. The Morgan fingerprint density at radius 2 is 1.59 bits per heavy atom. The number of fused-ring (bicyclic) bond motifs is 1. The van der Waals surface area contributed by atoms with Crippen molar-refractivity contribution in [1.29, 1.82) is 0 Å². The highest BCUT2D eigenvalue weighted by Crippen LogP contribution is 2.33. The minimum absolute atomic E-state index is 0. The number of hydrogen-bond donors (Lipinski definition) is 3. The maximum Gasteiger partial charge on any atom is 0.326 e. The summed E-state index contributed by atoms with van der Waals surface area (Å²) in [6, 6.07) is 20.8. The van der Waals surface area contributed by atoms with Crippen LogP contribution in [0.4, 0.5) is 22.0 Å². The topological polar surface area (TPSA) is 105 Å². The third kappa shape index (κ3) is 5.11. The van der Waals surface area contributed by atoms with Crippen molar-refractivity contribution in [2.45, 2.75) is 0 Å². The minimum atomic E-state index is -0.680. The van der Waals surface area contributed by atoms with Crippen LogP contribution in [0.25, 0.3) is 10.9 Å². The van der Waals surface area contributed by atoms with Crippen molar-refractivity contribution in [3.63, 3.8) is 0 Å². The van der Waals surface area contributed by atoms with Crippen LogP contribution in [0.5, 0.6) is 5.75 Å². The zero-order chi connectivity index (χ0) is 21.6. The summed E-state index contributed by atoms with van der Waals surface area (Å²) in [5, 5.41) is 8.90. The second-order valence-electron chi connectivity index (χ2n) is 6.56. The van der Waals surface area contributed by atoms with Gasteiger partial charge in [-0.3, -0.25) is 10.1 Å². The number of imide groups is 1. The molecule has 32 heavy (non-hydrogen) atoms. The molecule has 4 aromatic rings. The molecule has 0 fully saturated rings. The summed E-state index contributed by atoms with van der Waals surface area (Å²) in [5.41, 5.74) is 2.25. The predicted molar refractivity (Wildman–Crippen MR) is 126 cm³/mol. The molecule has 3 aromatic carbocycles. The summed E-state index contributed by atoms with van der Waals surface area (Å²) in [4.78, 5) is 33.3. The van der Waals surface area contributed by atoms with Crippen LogP contribution in [-0.2, 0) is 0 Å². The third-order valence-electron chi connectivity index (χ3n) is 4.50. The lowest BCUT2D eigenvalue weighted by Crippen LogP contribution is -2.34. The molecule has 0 spiro atoms. The number of methoxy groups -OCH3 is 1. The number of amides is 3. The number of carbonyl (C=O) groups excluding carboxylic acids is 2. The quantitative estimate of drug-likeness (QED) is 0.405. The second-order valence-corrected chi connectivity index (χ2v) is 6.56. The summed E-state index contributed by atoms with van der Waals surface area (Å²) in [5.74, 6) is 0.467. The molecule has 162 valence electrons. The zero-order valence-electron chi connectivity index (χ0n) is 17.0. The Kier molecular flexibility index (Phi) is 7.20. The Morgan fingerprint density at radius 3 is 2.28 bits per heavy atom. The lowest BCUT2D eigenvalue weighted by Gasteiger charge is -2.14. The van der Waals surface area contributed by atoms with Crippen LogP contribution in [0.2, 0.25) is 0 Å². The summed E-state index contributed by atoms with van der Waals surface area (Å²) in [7, 11) is 1.49. The van der Waals surface area contributed by atoms with Gasteiger partial charge in [-0.1, -0.05) is 36.4 Å². The second kappa shape index (κ2) is 10.2. The van der Waals surface area contributed by atoms with Crippen LogP contribution in [0.3, 0.4) is 0 Å². The molecular formula is C23H20ClN5O3. The number of carbonyl (C=O) groups is 2. The van der Waals surface area contributed by atoms with Gasteiger partial charge in [-0.2, -0.15) is 0 Å². The number of urea groups is 1. The van der Waals surface area contributed by atoms with Crippen LogP contribution in [0.1, 0.15) is 10.4 Å². The van der Waals surface area contributed by atoms with E-state index in [4.69, 9.17) is 4.74 Å². The molecule has 0 aliphatic rings. The minimum Gasteiger partial charge on any atom is -0.494 e. The molecule has 3 N–H and O–H groups in total. The fourth-order valence-electron chi connectivity index (χ4n) is 3.03. The van der Waals surface area contributed by atoms with Gasteiger partial charge >= 0.3 is 6.03 Å². The smallest absolute Gasteiger partial charge is 0.326 e. The van der Waals surface area contributed by atoms with Gasteiger partial charge in [0, 0.05) is 22.7 Å². The summed E-state index contributed by atoms with van der Waals surface area (Å²) >= 11 is 0. The Balaban J connectivity index is 0.00000289. The van der Waals surface area contributed by atoms with Gasteiger partial charge < -0.3 is 15.4 Å². The van der Waals surface area contributed by atoms with E-state index in [1.807, 2.05) is 30.3 Å². The van der Waals surface area contributed by atoms with Gasteiger partial charge in [-0.05, 0) is 30.3 Å². The SMILES string of the molecule is COc1cc2ncnc(Nc3ccccc3)c2cc1NC(=O)NC(=O)c1ccccc1.Cl. The van der Waals surface area contributed by atoms with Crippen molar-refractivity contribution in [2.75, 3.05) is 17.7 Å². The number of rotatable bonds is 5. The van der Waals surface area contributed by atoms with Gasteiger partial charge in [-0.15, -0.1) is 12.4 Å². The third-order valence-corrected chi connectivity index (χ3v) is 4.50. The highest BCUT2D eigenvalue weighted by Gasteiger charge is 2.15. The molecular weight excluding hydrogens is 430 g/mol. The number of halogens is 1. The zero-order valence-corrected chi connectivity index (χ0v) is 17.8. The van der Waals surface area contributed by atoms with Crippen LogP contribution in [-0.4, -0.2) is 29.0 Å². The molecule has 9 heteroatoms. The van der Waals surface area contributed by atoms with E-state index in [-0.39, 0.29) is 12.4 Å².